The lowest BCUT2D eigenvalue weighted by Gasteiger charge is -2.06. The van der Waals surface area contributed by atoms with Gasteiger partial charge in [-0.15, -0.1) is 11.3 Å². The molecule has 1 aromatic heterocycles. The number of nitrogens with zero attached hydrogens (tertiary/aromatic N) is 1. The third-order valence-electron chi connectivity index (χ3n) is 3.70. The lowest BCUT2D eigenvalue weighted by Crippen LogP contribution is -2.12. The van der Waals surface area contributed by atoms with Crippen LogP contribution in [0.1, 0.15) is 15.4 Å². The standard InChI is InChI=1S/C18H19N3O2S2/c19-25(22,23)17-8-4-7-15(11-17)20-12-16-13-21-18(24-16)10-9-14-5-2-1-3-6-14/h1-8,11,13,20H,9-10,12H2,(H2,19,22,23). The van der Waals surface area contributed by atoms with Crippen LogP contribution in [0, 0.1) is 0 Å². The number of aromatic nitrogens is 1. The molecule has 0 fully saturated rings. The van der Waals surface area contributed by atoms with Gasteiger partial charge < -0.3 is 5.32 Å². The topological polar surface area (TPSA) is 85.1 Å². The number of thiazole rings is 1. The normalized spacial score (nSPS) is 11.4. The maximum absolute atomic E-state index is 11.4. The maximum Gasteiger partial charge on any atom is 0.238 e. The fraction of sp³-hybridized carbons (Fsp3) is 0.167. The highest BCUT2D eigenvalue weighted by molar-refractivity contribution is 7.89. The molecule has 3 rings (SSSR count). The fourth-order valence-electron chi connectivity index (χ4n) is 2.41. The smallest absolute Gasteiger partial charge is 0.238 e. The van der Waals surface area contributed by atoms with Crippen molar-refractivity contribution in [2.24, 2.45) is 5.14 Å². The van der Waals surface area contributed by atoms with Crippen LogP contribution in [0.3, 0.4) is 0 Å². The van der Waals surface area contributed by atoms with Crippen LogP contribution in [0.15, 0.2) is 65.7 Å². The summed E-state index contributed by atoms with van der Waals surface area (Å²) in [6, 6.07) is 16.8. The van der Waals surface area contributed by atoms with Crippen LogP contribution >= 0.6 is 11.3 Å². The van der Waals surface area contributed by atoms with Gasteiger partial charge in [0.1, 0.15) is 0 Å². The molecule has 0 aliphatic heterocycles. The molecule has 2 aromatic carbocycles. The molecule has 1 heterocycles. The van der Waals surface area contributed by atoms with Crippen LogP contribution in [-0.4, -0.2) is 13.4 Å². The minimum absolute atomic E-state index is 0.102. The zero-order chi connectivity index (χ0) is 17.7. The van der Waals surface area contributed by atoms with Gasteiger partial charge in [0.05, 0.1) is 16.4 Å². The van der Waals surface area contributed by atoms with E-state index in [4.69, 9.17) is 5.14 Å². The molecule has 0 bridgehead atoms. The van der Waals surface area contributed by atoms with Crippen molar-refractivity contribution in [1.82, 2.24) is 4.98 Å². The van der Waals surface area contributed by atoms with Crippen molar-refractivity contribution in [3.63, 3.8) is 0 Å². The summed E-state index contributed by atoms with van der Waals surface area (Å²) in [5.41, 5.74) is 2.02. The Hall–Kier alpha value is -2.22. The summed E-state index contributed by atoms with van der Waals surface area (Å²) in [5.74, 6) is 0. The number of sulfonamides is 1. The summed E-state index contributed by atoms with van der Waals surface area (Å²) in [7, 11) is -3.69. The van der Waals surface area contributed by atoms with Crippen molar-refractivity contribution in [1.29, 1.82) is 0 Å². The minimum Gasteiger partial charge on any atom is -0.380 e. The summed E-state index contributed by atoms with van der Waals surface area (Å²) in [4.78, 5) is 5.67. The molecule has 3 N–H and O–H groups in total. The predicted octanol–water partition coefficient (Wildman–Crippen LogP) is 3.19. The Morgan fingerprint density at radius 3 is 2.60 bits per heavy atom. The second kappa shape index (κ2) is 7.77. The quantitative estimate of drug-likeness (QED) is 0.666. The van der Waals surface area contributed by atoms with Gasteiger partial charge in [0.15, 0.2) is 0 Å². The SMILES string of the molecule is NS(=O)(=O)c1cccc(NCc2cnc(CCc3ccccc3)s2)c1. The molecular formula is C18H19N3O2S2. The van der Waals surface area contributed by atoms with Crippen molar-refractivity contribution >= 4 is 27.0 Å². The van der Waals surface area contributed by atoms with Crippen LogP contribution in [0.25, 0.3) is 0 Å². The van der Waals surface area contributed by atoms with Gasteiger partial charge in [-0.1, -0.05) is 36.4 Å². The second-order valence-corrected chi connectivity index (χ2v) is 8.39. The average Bonchev–Trinajstić information content (AvgIpc) is 3.07. The number of rotatable bonds is 7. The van der Waals surface area contributed by atoms with Gasteiger partial charge in [0, 0.05) is 23.2 Å². The molecule has 0 aliphatic carbocycles. The minimum atomic E-state index is -3.69. The zero-order valence-electron chi connectivity index (χ0n) is 13.6. The Balaban J connectivity index is 1.57. The molecule has 0 saturated heterocycles. The summed E-state index contributed by atoms with van der Waals surface area (Å²) in [6.07, 6.45) is 3.74. The van der Waals surface area contributed by atoms with Gasteiger partial charge in [0.2, 0.25) is 10.0 Å². The highest BCUT2D eigenvalue weighted by Crippen LogP contribution is 2.19. The molecule has 0 spiro atoms. The van der Waals surface area contributed by atoms with Gasteiger partial charge >= 0.3 is 0 Å². The molecular weight excluding hydrogens is 354 g/mol. The van der Waals surface area contributed by atoms with E-state index >= 15 is 0 Å². The molecule has 7 heteroatoms. The van der Waals surface area contributed by atoms with Gasteiger partial charge in [-0.3, -0.25) is 0 Å². The van der Waals surface area contributed by atoms with E-state index < -0.39 is 10.0 Å². The van der Waals surface area contributed by atoms with Gasteiger partial charge in [0.25, 0.3) is 0 Å². The first-order valence-corrected chi connectivity index (χ1v) is 10.2. The van der Waals surface area contributed by atoms with Crippen molar-refractivity contribution in [3.8, 4) is 0 Å². The van der Waals surface area contributed by atoms with E-state index in [1.54, 1.807) is 17.4 Å². The number of hydrogen-bond acceptors (Lipinski definition) is 5. The van der Waals surface area contributed by atoms with Gasteiger partial charge in [-0.25, -0.2) is 18.5 Å². The van der Waals surface area contributed by atoms with Crippen LogP contribution in [-0.2, 0) is 29.4 Å². The summed E-state index contributed by atoms with van der Waals surface area (Å²) in [5, 5.41) is 9.46. The average molecular weight is 374 g/mol. The first-order valence-electron chi connectivity index (χ1n) is 7.85. The van der Waals surface area contributed by atoms with Crippen molar-refractivity contribution < 1.29 is 8.42 Å². The number of hydrogen-bond donors (Lipinski definition) is 2. The molecule has 0 amide bonds. The molecule has 5 nitrogen and oxygen atoms in total. The predicted molar refractivity (Wildman–Crippen MR) is 101 cm³/mol. The number of benzene rings is 2. The second-order valence-electron chi connectivity index (χ2n) is 5.63. The molecule has 0 saturated carbocycles. The van der Waals surface area contributed by atoms with E-state index in [0.29, 0.717) is 12.2 Å². The highest BCUT2D eigenvalue weighted by atomic mass is 32.2. The highest BCUT2D eigenvalue weighted by Gasteiger charge is 2.08. The molecule has 130 valence electrons. The number of anilines is 1. The molecule has 0 unspecified atom stereocenters. The third-order valence-corrected chi connectivity index (χ3v) is 5.67. The molecule has 3 aromatic rings. The first-order chi connectivity index (χ1) is 12.0. The summed E-state index contributed by atoms with van der Waals surface area (Å²) >= 11 is 1.66. The number of nitrogens with one attached hydrogen (secondary N) is 1. The molecule has 25 heavy (non-hydrogen) atoms. The van der Waals surface area contributed by atoms with Crippen molar-refractivity contribution in [3.05, 3.63) is 76.2 Å². The Morgan fingerprint density at radius 1 is 1.04 bits per heavy atom. The van der Waals surface area contributed by atoms with Crippen molar-refractivity contribution in [2.45, 2.75) is 24.3 Å². The summed E-state index contributed by atoms with van der Waals surface area (Å²) < 4.78 is 22.8. The fourth-order valence-corrected chi connectivity index (χ4v) is 3.83. The molecule has 0 aliphatic rings. The first kappa shape index (κ1) is 17.6. The van der Waals surface area contributed by atoms with Crippen LogP contribution in [0.4, 0.5) is 5.69 Å². The van der Waals surface area contributed by atoms with Crippen LogP contribution in [0.2, 0.25) is 0 Å². The summed E-state index contributed by atoms with van der Waals surface area (Å²) in [6.45, 7) is 0.594. The maximum atomic E-state index is 11.4. The Kier molecular flexibility index (Phi) is 5.47. The lowest BCUT2D eigenvalue weighted by atomic mass is 10.1. The van der Waals surface area contributed by atoms with Crippen LogP contribution in [0.5, 0.6) is 0 Å². The third kappa shape index (κ3) is 5.12. The number of aryl methyl sites for hydroxylation is 2. The van der Waals surface area contributed by atoms with Gasteiger partial charge in [-0.05, 0) is 30.2 Å². The molecule has 0 atom stereocenters. The monoisotopic (exact) mass is 373 g/mol. The van der Waals surface area contributed by atoms with Gasteiger partial charge in [-0.2, -0.15) is 0 Å². The lowest BCUT2D eigenvalue weighted by molar-refractivity contribution is 0.598. The van der Waals surface area contributed by atoms with E-state index in [1.165, 1.54) is 17.7 Å². The van der Waals surface area contributed by atoms with E-state index in [0.717, 1.165) is 22.7 Å². The zero-order valence-corrected chi connectivity index (χ0v) is 15.2. The number of primary sulfonamides is 1. The van der Waals surface area contributed by atoms with E-state index in [2.05, 4.69) is 22.4 Å². The molecule has 0 radical (unpaired) electrons. The largest absolute Gasteiger partial charge is 0.380 e. The van der Waals surface area contributed by atoms with Crippen molar-refractivity contribution in [2.75, 3.05) is 5.32 Å². The Labute approximate surface area is 151 Å². The van der Waals surface area contributed by atoms with E-state index in [9.17, 15) is 8.42 Å². The van der Waals surface area contributed by atoms with E-state index in [1.807, 2.05) is 30.5 Å². The van der Waals surface area contributed by atoms with Crippen LogP contribution < -0.4 is 10.5 Å². The Bertz CT molecular complexity index is 938. The van der Waals surface area contributed by atoms with E-state index in [-0.39, 0.29) is 4.90 Å². The Morgan fingerprint density at radius 2 is 1.84 bits per heavy atom. The number of nitrogens with two attached hydrogens (primary N) is 1.